The van der Waals surface area contributed by atoms with Gasteiger partial charge in [0.1, 0.15) is 17.5 Å². The van der Waals surface area contributed by atoms with Gasteiger partial charge in [-0.05, 0) is 12.8 Å². The number of nitrogens with one attached hydrogen (secondary N) is 2. The third-order valence-electron chi connectivity index (χ3n) is 3.50. The topological polar surface area (TPSA) is 66.9 Å². The standard InChI is InChI=1S/C13H16ClF3N4O/c14-10-5-18-6-11(21-10)20-9-4-2-1-3-8(9)12(22)19-7-13(15,16)17/h5-6,8-9H,1-4,7H2,(H,19,22)(H,20,21). The first kappa shape index (κ1) is 16.8. The predicted molar refractivity (Wildman–Crippen MR) is 75.5 cm³/mol. The normalized spacial score (nSPS) is 22.2. The van der Waals surface area contributed by atoms with Crippen molar-refractivity contribution < 1.29 is 18.0 Å². The Morgan fingerprint density at radius 2 is 2.05 bits per heavy atom. The van der Waals surface area contributed by atoms with Crippen molar-refractivity contribution in [3.8, 4) is 0 Å². The smallest absolute Gasteiger partial charge is 0.365 e. The van der Waals surface area contributed by atoms with Crippen molar-refractivity contribution in [1.82, 2.24) is 15.3 Å². The number of alkyl halides is 3. The average Bonchev–Trinajstić information content (AvgIpc) is 2.45. The number of amides is 1. The lowest BCUT2D eigenvalue weighted by Crippen LogP contribution is -2.45. The van der Waals surface area contributed by atoms with E-state index < -0.39 is 24.5 Å². The van der Waals surface area contributed by atoms with Gasteiger partial charge in [-0.15, -0.1) is 0 Å². The predicted octanol–water partition coefficient (Wildman–Crippen LogP) is 2.78. The average molecular weight is 337 g/mol. The Morgan fingerprint density at radius 3 is 2.73 bits per heavy atom. The Kier molecular flexibility index (Phi) is 5.44. The molecule has 0 bridgehead atoms. The van der Waals surface area contributed by atoms with Crippen LogP contribution in [0.3, 0.4) is 0 Å². The van der Waals surface area contributed by atoms with Gasteiger partial charge in [0.2, 0.25) is 5.91 Å². The van der Waals surface area contributed by atoms with E-state index in [4.69, 9.17) is 11.6 Å². The first-order valence-corrected chi connectivity index (χ1v) is 7.31. The molecule has 0 spiro atoms. The monoisotopic (exact) mass is 336 g/mol. The molecule has 1 aromatic rings. The first-order valence-electron chi connectivity index (χ1n) is 6.94. The van der Waals surface area contributed by atoms with E-state index in [2.05, 4.69) is 15.3 Å². The Morgan fingerprint density at radius 1 is 1.32 bits per heavy atom. The quantitative estimate of drug-likeness (QED) is 0.887. The lowest BCUT2D eigenvalue weighted by molar-refractivity contribution is -0.141. The number of aromatic nitrogens is 2. The molecule has 1 aromatic heterocycles. The van der Waals surface area contributed by atoms with E-state index in [1.54, 1.807) is 0 Å². The molecule has 1 heterocycles. The maximum Gasteiger partial charge on any atom is 0.405 e. The number of anilines is 1. The van der Waals surface area contributed by atoms with Gasteiger partial charge in [-0.25, -0.2) is 4.98 Å². The highest BCUT2D eigenvalue weighted by Gasteiger charge is 2.34. The minimum absolute atomic E-state index is 0.207. The molecule has 2 N–H and O–H groups in total. The Bertz CT molecular complexity index is 526. The lowest BCUT2D eigenvalue weighted by Gasteiger charge is -2.31. The van der Waals surface area contributed by atoms with Crippen LogP contribution in [0.15, 0.2) is 12.4 Å². The fourth-order valence-electron chi connectivity index (χ4n) is 2.54. The molecule has 2 atom stereocenters. The van der Waals surface area contributed by atoms with Crippen LogP contribution < -0.4 is 10.6 Å². The summed E-state index contributed by atoms with van der Waals surface area (Å²) in [6.45, 7) is -1.31. The molecule has 22 heavy (non-hydrogen) atoms. The summed E-state index contributed by atoms with van der Waals surface area (Å²) in [4.78, 5) is 19.9. The van der Waals surface area contributed by atoms with Crippen LogP contribution in [0.25, 0.3) is 0 Å². The van der Waals surface area contributed by atoms with Gasteiger partial charge in [0, 0.05) is 6.04 Å². The van der Waals surface area contributed by atoms with Crippen LogP contribution in [0.2, 0.25) is 5.15 Å². The molecule has 1 saturated carbocycles. The summed E-state index contributed by atoms with van der Waals surface area (Å²) in [5.41, 5.74) is 0. The number of rotatable bonds is 4. The van der Waals surface area contributed by atoms with Crippen LogP contribution in [0.5, 0.6) is 0 Å². The second-order valence-corrected chi connectivity index (χ2v) is 5.59. The summed E-state index contributed by atoms with van der Waals surface area (Å²) in [7, 11) is 0. The van der Waals surface area contributed by atoms with Gasteiger partial charge in [-0.1, -0.05) is 24.4 Å². The molecule has 1 fully saturated rings. The summed E-state index contributed by atoms with van der Waals surface area (Å²) in [6.07, 6.45) is 1.35. The number of nitrogens with zero attached hydrogens (tertiary/aromatic N) is 2. The molecule has 0 aromatic carbocycles. The number of hydrogen-bond acceptors (Lipinski definition) is 4. The van der Waals surface area contributed by atoms with E-state index in [0.717, 1.165) is 12.8 Å². The number of hydrogen-bond donors (Lipinski definition) is 2. The van der Waals surface area contributed by atoms with E-state index >= 15 is 0 Å². The van der Waals surface area contributed by atoms with Crippen LogP contribution in [-0.2, 0) is 4.79 Å². The SMILES string of the molecule is O=C(NCC(F)(F)F)C1CCCCC1Nc1cncc(Cl)n1. The zero-order valence-corrected chi connectivity index (χ0v) is 12.4. The second kappa shape index (κ2) is 7.13. The van der Waals surface area contributed by atoms with Crippen LogP contribution in [0.4, 0.5) is 19.0 Å². The highest BCUT2D eigenvalue weighted by molar-refractivity contribution is 6.29. The molecular formula is C13H16ClF3N4O. The van der Waals surface area contributed by atoms with E-state index in [9.17, 15) is 18.0 Å². The number of carbonyl (C=O) groups is 1. The summed E-state index contributed by atoms with van der Waals surface area (Å²) in [5, 5.41) is 5.21. The summed E-state index contributed by atoms with van der Waals surface area (Å²) in [6, 6.07) is -0.283. The molecule has 1 amide bonds. The maximum absolute atomic E-state index is 12.2. The van der Waals surface area contributed by atoms with E-state index in [1.807, 2.05) is 5.32 Å². The Hall–Kier alpha value is -1.57. The fourth-order valence-corrected chi connectivity index (χ4v) is 2.68. The van der Waals surface area contributed by atoms with Gasteiger partial charge in [-0.2, -0.15) is 13.2 Å². The molecule has 122 valence electrons. The first-order chi connectivity index (χ1) is 10.3. The molecule has 5 nitrogen and oxygen atoms in total. The van der Waals surface area contributed by atoms with E-state index in [0.29, 0.717) is 18.7 Å². The molecule has 1 aliphatic carbocycles. The van der Waals surface area contributed by atoms with E-state index in [1.165, 1.54) is 12.4 Å². The zero-order valence-electron chi connectivity index (χ0n) is 11.7. The largest absolute Gasteiger partial charge is 0.405 e. The molecule has 0 saturated heterocycles. The van der Waals surface area contributed by atoms with Crippen molar-refractivity contribution in [2.45, 2.75) is 37.9 Å². The third kappa shape index (κ3) is 5.01. The minimum atomic E-state index is -4.41. The van der Waals surface area contributed by atoms with E-state index in [-0.39, 0.29) is 11.2 Å². The molecule has 2 unspecified atom stereocenters. The van der Waals surface area contributed by atoms with Gasteiger partial charge in [-0.3, -0.25) is 9.78 Å². The van der Waals surface area contributed by atoms with Crippen LogP contribution >= 0.6 is 11.6 Å². The van der Waals surface area contributed by atoms with Gasteiger partial charge < -0.3 is 10.6 Å². The van der Waals surface area contributed by atoms with Gasteiger partial charge >= 0.3 is 6.18 Å². The molecule has 0 aliphatic heterocycles. The minimum Gasteiger partial charge on any atom is -0.365 e. The van der Waals surface area contributed by atoms with Crippen molar-refractivity contribution in [1.29, 1.82) is 0 Å². The summed E-state index contributed by atoms with van der Waals surface area (Å²) >= 11 is 5.74. The second-order valence-electron chi connectivity index (χ2n) is 5.20. The molecule has 1 aliphatic rings. The van der Waals surface area contributed by atoms with Crippen molar-refractivity contribution in [3.63, 3.8) is 0 Å². The molecule has 2 rings (SSSR count). The van der Waals surface area contributed by atoms with Crippen molar-refractivity contribution >= 4 is 23.3 Å². The van der Waals surface area contributed by atoms with Crippen molar-refractivity contribution in [2.75, 3.05) is 11.9 Å². The molecule has 0 radical (unpaired) electrons. The fraction of sp³-hybridized carbons (Fsp3) is 0.615. The summed E-state index contributed by atoms with van der Waals surface area (Å²) < 4.78 is 36.6. The highest BCUT2D eigenvalue weighted by Crippen LogP contribution is 2.27. The van der Waals surface area contributed by atoms with Gasteiger partial charge in [0.15, 0.2) is 0 Å². The zero-order chi connectivity index (χ0) is 16.2. The van der Waals surface area contributed by atoms with Gasteiger partial charge in [0.25, 0.3) is 0 Å². The lowest BCUT2D eigenvalue weighted by atomic mass is 9.84. The third-order valence-corrected chi connectivity index (χ3v) is 3.69. The Labute approximate surface area is 130 Å². The highest BCUT2D eigenvalue weighted by atomic mass is 35.5. The maximum atomic E-state index is 12.2. The van der Waals surface area contributed by atoms with Crippen LogP contribution in [-0.4, -0.2) is 34.6 Å². The van der Waals surface area contributed by atoms with Crippen LogP contribution in [0, 0.1) is 5.92 Å². The Balaban J connectivity index is 2.00. The molecular weight excluding hydrogens is 321 g/mol. The van der Waals surface area contributed by atoms with Crippen molar-refractivity contribution in [3.05, 3.63) is 17.5 Å². The number of carbonyl (C=O) groups excluding carboxylic acids is 1. The summed E-state index contributed by atoms with van der Waals surface area (Å²) in [5.74, 6) is -0.714. The van der Waals surface area contributed by atoms with Gasteiger partial charge in [0.05, 0.1) is 18.3 Å². The van der Waals surface area contributed by atoms with Crippen LogP contribution in [0.1, 0.15) is 25.7 Å². The molecule has 9 heteroatoms. The number of halogens is 4. The van der Waals surface area contributed by atoms with Crippen molar-refractivity contribution in [2.24, 2.45) is 5.92 Å².